The average Bonchev–Trinajstić information content (AvgIpc) is 3.41. The maximum Gasteiger partial charge on any atom is 0.293 e. The molecule has 0 saturated carbocycles. The van der Waals surface area contributed by atoms with Crippen LogP contribution in [0.5, 0.6) is 0 Å². The van der Waals surface area contributed by atoms with Gasteiger partial charge < -0.3 is 5.73 Å². The van der Waals surface area contributed by atoms with Crippen LogP contribution in [0.3, 0.4) is 0 Å². The molecule has 172 valence electrons. The summed E-state index contributed by atoms with van der Waals surface area (Å²) >= 11 is 0. The Morgan fingerprint density at radius 3 is 2.94 bits per heavy atom. The molecule has 0 aliphatic carbocycles. The van der Waals surface area contributed by atoms with Crippen molar-refractivity contribution in [2.75, 3.05) is 12.3 Å². The quantitative estimate of drug-likeness (QED) is 0.299. The number of nitrogens with two attached hydrogens (primary N) is 1. The number of rotatable bonds is 7. The van der Waals surface area contributed by atoms with Gasteiger partial charge in [-0.2, -0.15) is 9.78 Å². The molecule has 3 N–H and O–H groups in total. The number of anilines is 1. The molecule has 3 aromatic rings. The Morgan fingerprint density at radius 1 is 1.39 bits per heavy atom. The van der Waals surface area contributed by atoms with Gasteiger partial charge in [-0.25, -0.2) is 10.1 Å². The summed E-state index contributed by atoms with van der Waals surface area (Å²) in [6, 6.07) is 6.36. The second kappa shape index (κ2) is 9.52. The number of aromatic nitrogens is 5. The van der Waals surface area contributed by atoms with E-state index in [1.165, 1.54) is 23.0 Å². The van der Waals surface area contributed by atoms with Gasteiger partial charge in [-0.05, 0) is 42.7 Å². The smallest absolute Gasteiger partial charge is 0.293 e. The summed E-state index contributed by atoms with van der Waals surface area (Å²) in [7, 11) is 0. The number of nitrogens with one attached hydrogen (secondary N) is 1. The van der Waals surface area contributed by atoms with Gasteiger partial charge in [0.15, 0.2) is 5.69 Å². The highest BCUT2D eigenvalue weighted by atomic mass is 16.6. The summed E-state index contributed by atoms with van der Waals surface area (Å²) in [6.07, 6.45) is 4.42. The lowest BCUT2D eigenvalue weighted by Crippen LogP contribution is -2.38. The van der Waals surface area contributed by atoms with Crippen LogP contribution < -0.4 is 11.2 Å². The first-order chi connectivity index (χ1) is 16.0. The average molecular weight is 454 g/mol. The van der Waals surface area contributed by atoms with Crippen LogP contribution in [0, 0.1) is 10.1 Å². The van der Waals surface area contributed by atoms with E-state index in [9.17, 15) is 14.9 Å². The Labute approximate surface area is 187 Å². The minimum absolute atomic E-state index is 0.00853. The van der Waals surface area contributed by atoms with Crippen LogP contribution in [0.2, 0.25) is 0 Å². The SMILES string of the molecule is CC1CCCCN1Cc1c(C(=O)N/N=C\c2ccccc2[N+](=O)[O-])nnn1-c1nonc1N. The Kier molecular flexibility index (Phi) is 6.35. The molecule has 1 unspecified atom stereocenters. The van der Waals surface area contributed by atoms with Crippen molar-refractivity contribution in [3.8, 4) is 5.82 Å². The molecule has 1 atom stereocenters. The van der Waals surface area contributed by atoms with E-state index in [0.717, 1.165) is 25.8 Å². The van der Waals surface area contributed by atoms with Crippen LogP contribution in [0.25, 0.3) is 5.82 Å². The van der Waals surface area contributed by atoms with Crippen molar-refractivity contribution in [3.05, 3.63) is 51.3 Å². The number of hydrogen-bond acceptors (Lipinski definition) is 11. The zero-order chi connectivity index (χ0) is 23.4. The molecule has 33 heavy (non-hydrogen) atoms. The number of likely N-dealkylation sites (tertiary alicyclic amines) is 1. The van der Waals surface area contributed by atoms with E-state index in [2.05, 4.69) is 47.6 Å². The zero-order valence-electron chi connectivity index (χ0n) is 17.8. The Balaban J connectivity index is 1.60. The first-order valence-corrected chi connectivity index (χ1v) is 10.3. The highest BCUT2D eigenvalue weighted by Gasteiger charge is 2.28. The van der Waals surface area contributed by atoms with Crippen molar-refractivity contribution in [2.24, 2.45) is 5.10 Å². The molecule has 1 fully saturated rings. The molecule has 1 amide bonds. The molecule has 4 rings (SSSR count). The van der Waals surface area contributed by atoms with Gasteiger partial charge in [0.05, 0.1) is 22.4 Å². The number of para-hydroxylation sites is 1. The van der Waals surface area contributed by atoms with Gasteiger partial charge in [-0.1, -0.05) is 23.8 Å². The number of nitrogens with zero attached hydrogens (tertiary/aromatic N) is 8. The lowest BCUT2D eigenvalue weighted by molar-refractivity contribution is -0.385. The lowest BCUT2D eigenvalue weighted by Gasteiger charge is -2.33. The van der Waals surface area contributed by atoms with Gasteiger partial charge in [-0.3, -0.25) is 19.8 Å². The molecule has 0 radical (unpaired) electrons. The van der Waals surface area contributed by atoms with Crippen molar-refractivity contribution in [3.63, 3.8) is 0 Å². The van der Waals surface area contributed by atoms with Crippen LogP contribution in [-0.2, 0) is 6.54 Å². The summed E-state index contributed by atoms with van der Waals surface area (Å²) < 4.78 is 6.00. The number of carbonyl (C=O) groups is 1. The minimum atomic E-state index is -0.634. The van der Waals surface area contributed by atoms with E-state index in [4.69, 9.17) is 5.73 Å². The van der Waals surface area contributed by atoms with Crippen LogP contribution in [0.15, 0.2) is 34.0 Å². The van der Waals surface area contributed by atoms with E-state index < -0.39 is 10.8 Å². The van der Waals surface area contributed by atoms with Gasteiger partial charge in [0.2, 0.25) is 11.6 Å². The van der Waals surface area contributed by atoms with E-state index in [1.54, 1.807) is 12.1 Å². The highest BCUT2D eigenvalue weighted by molar-refractivity contribution is 5.94. The van der Waals surface area contributed by atoms with Crippen LogP contribution in [0.1, 0.15) is 47.9 Å². The Hall–Kier alpha value is -4.20. The van der Waals surface area contributed by atoms with Gasteiger partial charge in [-0.15, -0.1) is 5.10 Å². The molecular weight excluding hydrogens is 432 g/mol. The van der Waals surface area contributed by atoms with E-state index >= 15 is 0 Å². The van der Waals surface area contributed by atoms with Crippen molar-refractivity contribution in [2.45, 2.75) is 38.8 Å². The van der Waals surface area contributed by atoms with Crippen molar-refractivity contribution in [1.82, 2.24) is 35.6 Å². The number of nitro benzene ring substituents is 1. The van der Waals surface area contributed by atoms with Gasteiger partial charge >= 0.3 is 0 Å². The number of nitro groups is 1. The largest absolute Gasteiger partial charge is 0.378 e. The standard InChI is InChI=1S/C19H22N10O4/c1-12-6-4-5-9-27(12)11-15-16(22-26-28(15)18-17(20)24-33-25-18)19(30)23-21-10-13-7-2-3-8-14(13)29(31)32/h2-3,7-8,10,12H,4-6,9,11H2,1H3,(H2,20,24)(H,23,30)/b21-10-. The Bertz CT molecular complexity index is 1190. The van der Waals surface area contributed by atoms with Crippen molar-refractivity contribution >= 4 is 23.6 Å². The molecule has 1 aromatic carbocycles. The number of carbonyl (C=O) groups excluding carboxylic acids is 1. The fraction of sp³-hybridized carbons (Fsp3) is 0.368. The van der Waals surface area contributed by atoms with Gasteiger partial charge in [0, 0.05) is 18.7 Å². The van der Waals surface area contributed by atoms with E-state index in [0.29, 0.717) is 18.3 Å². The summed E-state index contributed by atoms with van der Waals surface area (Å²) in [6.45, 7) is 3.35. The molecule has 1 aliphatic heterocycles. The fourth-order valence-electron chi connectivity index (χ4n) is 3.69. The molecule has 0 bridgehead atoms. The molecule has 14 nitrogen and oxygen atoms in total. The maximum absolute atomic E-state index is 12.9. The maximum atomic E-state index is 12.9. The van der Waals surface area contributed by atoms with Crippen LogP contribution >= 0.6 is 0 Å². The summed E-state index contributed by atoms with van der Waals surface area (Å²) in [4.78, 5) is 25.7. The topological polar surface area (TPSA) is 183 Å². The molecular formula is C19H22N10O4. The lowest BCUT2D eigenvalue weighted by atomic mass is 10.0. The van der Waals surface area contributed by atoms with Crippen LogP contribution in [-0.4, -0.2) is 59.8 Å². The van der Waals surface area contributed by atoms with Gasteiger partial charge in [0.25, 0.3) is 11.6 Å². The number of amides is 1. The molecule has 1 saturated heterocycles. The minimum Gasteiger partial charge on any atom is -0.378 e. The first-order valence-electron chi connectivity index (χ1n) is 10.3. The monoisotopic (exact) mass is 454 g/mol. The number of nitrogen functional groups attached to an aromatic ring is 1. The molecule has 3 heterocycles. The Morgan fingerprint density at radius 2 is 2.21 bits per heavy atom. The third-order valence-corrected chi connectivity index (χ3v) is 5.47. The fourth-order valence-corrected chi connectivity index (χ4v) is 3.69. The summed E-state index contributed by atoms with van der Waals surface area (Å²) in [5.41, 5.74) is 8.77. The first kappa shape index (κ1) is 22.0. The summed E-state index contributed by atoms with van der Waals surface area (Å²) in [5.74, 6) is -0.496. The second-order valence-electron chi connectivity index (χ2n) is 7.60. The van der Waals surface area contributed by atoms with Crippen molar-refractivity contribution in [1.29, 1.82) is 0 Å². The third kappa shape index (κ3) is 4.69. The molecule has 0 spiro atoms. The van der Waals surface area contributed by atoms with E-state index in [1.807, 2.05) is 0 Å². The number of hydrogen-bond donors (Lipinski definition) is 2. The highest BCUT2D eigenvalue weighted by Crippen LogP contribution is 2.23. The zero-order valence-corrected chi connectivity index (χ0v) is 17.8. The number of piperidine rings is 1. The number of benzene rings is 1. The second-order valence-corrected chi connectivity index (χ2v) is 7.60. The van der Waals surface area contributed by atoms with E-state index in [-0.39, 0.29) is 28.6 Å². The normalized spacial score (nSPS) is 16.8. The van der Waals surface area contributed by atoms with Crippen molar-refractivity contribution < 1.29 is 14.3 Å². The third-order valence-electron chi connectivity index (χ3n) is 5.47. The summed E-state index contributed by atoms with van der Waals surface area (Å²) in [5, 5.41) is 30.4. The molecule has 2 aromatic heterocycles. The predicted molar refractivity (Wildman–Crippen MR) is 116 cm³/mol. The molecule has 1 aliphatic rings. The molecule has 14 heteroatoms. The van der Waals surface area contributed by atoms with Gasteiger partial charge in [0.1, 0.15) is 0 Å². The predicted octanol–water partition coefficient (Wildman–Crippen LogP) is 1.28. The number of hydrazone groups is 1. The van der Waals surface area contributed by atoms with Crippen LogP contribution in [0.4, 0.5) is 11.5 Å².